The van der Waals surface area contributed by atoms with Gasteiger partial charge in [0.1, 0.15) is 5.76 Å². The van der Waals surface area contributed by atoms with Crippen molar-refractivity contribution in [1.29, 1.82) is 0 Å². The van der Waals surface area contributed by atoms with Gasteiger partial charge in [0, 0.05) is 24.4 Å². The number of likely N-dealkylation sites (N-methyl/N-ethyl adjacent to an activating group) is 1. The summed E-state index contributed by atoms with van der Waals surface area (Å²) in [5.41, 5.74) is 1.70. The second-order valence-electron chi connectivity index (χ2n) is 5.62. The molecule has 2 N–H and O–H groups in total. The van der Waals surface area contributed by atoms with Gasteiger partial charge >= 0.3 is 6.03 Å². The lowest BCUT2D eigenvalue weighted by molar-refractivity contribution is 0.134. The normalized spacial score (nSPS) is 12.2. The Kier molecular flexibility index (Phi) is 6.84. The molecule has 0 saturated carbocycles. The zero-order chi connectivity index (χ0) is 17.4. The molecule has 0 aliphatic heterocycles. The number of rotatable bonds is 8. The van der Waals surface area contributed by atoms with Crippen molar-refractivity contribution in [2.45, 2.75) is 19.6 Å². The van der Waals surface area contributed by atoms with Crippen molar-refractivity contribution < 1.29 is 13.9 Å². The molecule has 0 radical (unpaired) electrons. The Hall–Kier alpha value is -2.31. The fourth-order valence-corrected chi connectivity index (χ4v) is 2.35. The lowest BCUT2D eigenvalue weighted by atomic mass is 10.2. The van der Waals surface area contributed by atoms with Gasteiger partial charge in [0.25, 0.3) is 0 Å². The molecule has 0 spiro atoms. The summed E-state index contributed by atoms with van der Waals surface area (Å²) in [6.45, 7) is 3.49. The minimum absolute atomic E-state index is 0.0237. The summed E-state index contributed by atoms with van der Waals surface area (Å²) in [7, 11) is 3.90. The van der Waals surface area contributed by atoms with Crippen LogP contribution < -0.4 is 10.6 Å². The Balaban J connectivity index is 1.93. The molecule has 2 rings (SSSR count). The van der Waals surface area contributed by atoms with E-state index in [4.69, 9.17) is 9.15 Å². The van der Waals surface area contributed by atoms with Gasteiger partial charge in [-0.25, -0.2) is 4.79 Å². The first-order chi connectivity index (χ1) is 11.6. The van der Waals surface area contributed by atoms with Gasteiger partial charge in [-0.05, 0) is 39.2 Å². The summed E-state index contributed by atoms with van der Waals surface area (Å²) in [5, 5.41) is 5.77. The number of urea groups is 1. The van der Waals surface area contributed by atoms with Crippen molar-refractivity contribution in [1.82, 2.24) is 10.2 Å². The van der Waals surface area contributed by atoms with E-state index in [1.807, 2.05) is 62.3 Å². The standard InChI is InChI=1S/C18H25N3O3/c1-4-23-13-14-8-5-6-9-15(14)20-18(22)19-12-16(21(2)3)17-10-7-11-24-17/h5-11,16H,4,12-13H2,1-3H3,(H2,19,20,22)/t16-/m0/s1. The third-order valence-electron chi connectivity index (χ3n) is 3.68. The maximum Gasteiger partial charge on any atom is 0.319 e. The van der Waals surface area contributed by atoms with Gasteiger partial charge in [0.15, 0.2) is 0 Å². The molecular weight excluding hydrogens is 306 g/mol. The molecule has 0 unspecified atom stereocenters. The molecule has 6 heteroatoms. The molecule has 1 heterocycles. The second kappa shape index (κ2) is 9.10. The molecule has 1 aromatic heterocycles. The first kappa shape index (κ1) is 18.0. The van der Waals surface area contributed by atoms with Crippen LogP contribution in [0.15, 0.2) is 47.1 Å². The molecule has 6 nitrogen and oxygen atoms in total. The van der Waals surface area contributed by atoms with Crippen molar-refractivity contribution in [2.24, 2.45) is 0 Å². The maximum atomic E-state index is 12.2. The van der Waals surface area contributed by atoms with Crippen LogP contribution in [0.4, 0.5) is 10.5 Å². The minimum Gasteiger partial charge on any atom is -0.468 e. The topological polar surface area (TPSA) is 66.7 Å². The number of hydrogen-bond acceptors (Lipinski definition) is 4. The first-order valence-corrected chi connectivity index (χ1v) is 8.02. The van der Waals surface area contributed by atoms with E-state index in [0.29, 0.717) is 19.8 Å². The average molecular weight is 331 g/mol. The molecule has 2 amide bonds. The zero-order valence-corrected chi connectivity index (χ0v) is 14.4. The number of nitrogens with zero attached hydrogens (tertiary/aromatic N) is 1. The summed E-state index contributed by atoms with van der Waals surface area (Å²) in [6, 6.07) is 11.1. The second-order valence-corrected chi connectivity index (χ2v) is 5.62. The third kappa shape index (κ3) is 5.11. The SMILES string of the molecule is CCOCc1ccccc1NC(=O)NC[C@@H](c1ccco1)N(C)C. The van der Waals surface area contributed by atoms with E-state index in [-0.39, 0.29) is 12.1 Å². The van der Waals surface area contributed by atoms with Crippen LogP contribution in [0, 0.1) is 0 Å². The molecule has 1 aromatic carbocycles. The van der Waals surface area contributed by atoms with Gasteiger partial charge in [-0.2, -0.15) is 0 Å². The monoisotopic (exact) mass is 331 g/mol. The van der Waals surface area contributed by atoms with Crippen molar-refractivity contribution in [3.63, 3.8) is 0 Å². The van der Waals surface area contributed by atoms with E-state index in [2.05, 4.69) is 10.6 Å². The number of amides is 2. The smallest absolute Gasteiger partial charge is 0.319 e. The number of carbonyl (C=O) groups is 1. The Morgan fingerprint density at radius 1 is 1.25 bits per heavy atom. The van der Waals surface area contributed by atoms with E-state index in [1.165, 1.54) is 0 Å². The summed E-state index contributed by atoms with van der Waals surface area (Å²) in [4.78, 5) is 14.2. The summed E-state index contributed by atoms with van der Waals surface area (Å²) < 4.78 is 10.9. The molecule has 130 valence electrons. The molecule has 24 heavy (non-hydrogen) atoms. The van der Waals surface area contributed by atoms with Crippen LogP contribution in [0.2, 0.25) is 0 Å². The molecule has 2 aromatic rings. The number of furan rings is 1. The van der Waals surface area contributed by atoms with Crippen LogP contribution in [-0.4, -0.2) is 38.2 Å². The molecule has 1 atom stereocenters. The highest BCUT2D eigenvalue weighted by molar-refractivity contribution is 5.90. The average Bonchev–Trinajstić information content (AvgIpc) is 3.08. The Labute approximate surface area is 142 Å². The van der Waals surface area contributed by atoms with Crippen LogP contribution in [0.1, 0.15) is 24.3 Å². The van der Waals surface area contributed by atoms with E-state index in [0.717, 1.165) is 17.0 Å². The van der Waals surface area contributed by atoms with Crippen LogP contribution in [0.3, 0.4) is 0 Å². The Morgan fingerprint density at radius 3 is 2.71 bits per heavy atom. The molecule has 0 saturated heterocycles. The van der Waals surface area contributed by atoms with Gasteiger partial charge in [-0.3, -0.25) is 4.90 Å². The molecule has 0 aliphatic carbocycles. The van der Waals surface area contributed by atoms with E-state index in [9.17, 15) is 4.79 Å². The van der Waals surface area contributed by atoms with Crippen molar-refractivity contribution in [3.8, 4) is 0 Å². The van der Waals surface area contributed by atoms with Crippen LogP contribution in [0.5, 0.6) is 0 Å². The highest BCUT2D eigenvalue weighted by Crippen LogP contribution is 2.18. The fourth-order valence-electron chi connectivity index (χ4n) is 2.35. The number of hydrogen-bond donors (Lipinski definition) is 2. The summed E-state index contributed by atoms with van der Waals surface area (Å²) >= 11 is 0. The number of anilines is 1. The van der Waals surface area contributed by atoms with Gasteiger partial charge in [-0.1, -0.05) is 18.2 Å². The highest BCUT2D eigenvalue weighted by atomic mass is 16.5. The Bertz CT molecular complexity index is 626. The maximum absolute atomic E-state index is 12.2. The van der Waals surface area contributed by atoms with Crippen molar-refractivity contribution in [2.75, 3.05) is 32.6 Å². The number of para-hydroxylation sites is 1. The first-order valence-electron chi connectivity index (χ1n) is 8.02. The van der Waals surface area contributed by atoms with Crippen LogP contribution in [0.25, 0.3) is 0 Å². The van der Waals surface area contributed by atoms with E-state index < -0.39 is 0 Å². The summed E-state index contributed by atoms with van der Waals surface area (Å²) in [5.74, 6) is 0.817. The van der Waals surface area contributed by atoms with Gasteiger partial charge in [0.05, 0.1) is 18.9 Å². The number of benzene rings is 1. The van der Waals surface area contributed by atoms with Crippen molar-refractivity contribution in [3.05, 3.63) is 54.0 Å². The third-order valence-corrected chi connectivity index (χ3v) is 3.68. The number of carbonyl (C=O) groups excluding carboxylic acids is 1. The van der Waals surface area contributed by atoms with Gasteiger partial charge < -0.3 is 19.8 Å². The molecular formula is C18H25N3O3. The largest absolute Gasteiger partial charge is 0.468 e. The van der Waals surface area contributed by atoms with Crippen molar-refractivity contribution >= 4 is 11.7 Å². The molecule has 0 bridgehead atoms. The van der Waals surface area contributed by atoms with E-state index >= 15 is 0 Å². The quantitative estimate of drug-likeness (QED) is 0.779. The Morgan fingerprint density at radius 2 is 2.04 bits per heavy atom. The van der Waals surface area contributed by atoms with Crippen LogP contribution >= 0.6 is 0 Å². The minimum atomic E-state index is -0.252. The number of ether oxygens (including phenoxy) is 1. The zero-order valence-electron chi connectivity index (χ0n) is 14.4. The summed E-state index contributed by atoms with van der Waals surface area (Å²) in [6.07, 6.45) is 1.63. The van der Waals surface area contributed by atoms with Crippen LogP contribution in [-0.2, 0) is 11.3 Å². The lowest BCUT2D eigenvalue weighted by Crippen LogP contribution is -2.36. The molecule has 0 aliphatic rings. The molecule has 0 fully saturated rings. The van der Waals surface area contributed by atoms with Gasteiger partial charge in [-0.15, -0.1) is 0 Å². The predicted molar refractivity (Wildman–Crippen MR) is 93.9 cm³/mol. The van der Waals surface area contributed by atoms with Gasteiger partial charge in [0.2, 0.25) is 0 Å². The highest BCUT2D eigenvalue weighted by Gasteiger charge is 2.18. The lowest BCUT2D eigenvalue weighted by Gasteiger charge is -2.22. The number of nitrogens with one attached hydrogen (secondary N) is 2. The predicted octanol–water partition coefficient (Wildman–Crippen LogP) is 3.24. The fraction of sp³-hybridized carbons (Fsp3) is 0.389. The van der Waals surface area contributed by atoms with E-state index in [1.54, 1.807) is 6.26 Å².